The van der Waals surface area contributed by atoms with E-state index in [2.05, 4.69) is 27.5 Å². The number of guanidine groups is 1. The van der Waals surface area contributed by atoms with Gasteiger partial charge in [0.05, 0.1) is 12.2 Å². The second-order valence-corrected chi connectivity index (χ2v) is 7.54. The van der Waals surface area contributed by atoms with Crippen LogP contribution in [-0.2, 0) is 13.0 Å². The molecule has 0 bridgehead atoms. The Kier molecular flexibility index (Phi) is 7.15. The van der Waals surface area contributed by atoms with Gasteiger partial charge in [-0.15, -0.1) is 11.3 Å². The Morgan fingerprint density at radius 2 is 2.04 bits per heavy atom. The lowest BCUT2D eigenvalue weighted by atomic mass is 10.1. The molecule has 7 heteroatoms. The van der Waals surface area contributed by atoms with Crippen LogP contribution in [0.25, 0.3) is 0 Å². The van der Waals surface area contributed by atoms with E-state index in [0.29, 0.717) is 12.1 Å². The Bertz CT molecular complexity index is 762. The van der Waals surface area contributed by atoms with Crippen molar-refractivity contribution in [2.45, 2.75) is 26.8 Å². The van der Waals surface area contributed by atoms with E-state index in [1.54, 1.807) is 37.4 Å². The Morgan fingerprint density at radius 3 is 2.65 bits per heavy atom. The fourth-order valence-corrected chi connectivity index (χ4v) is 3.31. The maximum atomic E-state index is 12.0. The van der Waals surface area contributed by atoms with E-state index in [1.807, 2.05) is 31.2 Å². The van der Waals surface area contributed by atoms with Gasteiger partial charge in [0.2, 0.25) is 0 Å². The standard InChI is InChI=1S/C19H27N5OS/c1-13-14(2)26-17(23-13)12-22-19(20-3)21-10-9-15-7-6-8-16(11-15)18(25)24(4)5/h6-8,11H,9-10,12H2,1-5H3,(H2,20,21,22). The summed E-state index contributed by atoms with van der Waals surface area (Å²) in [6, 6.07) is 7.75. The molecule has 0 unspecified atom stereocenters. The smallest absolute Gasteiger partial charge is 0.253 e. The number of aromatic nitrogens is 1. The SMILES string of the molecule is CN=C(NCCc1cccc(C(=O)N(C)C)c1)NCc1nc(C)c(C)s1. The summed E-state index contributed by atoms with van der Waals surface area (Å²) in [6.07, 6.45) is 0.810. The number of aryl methyl sites for hydroxylation is 2. The molecule has 0 fully saturated rings. The summed E-state index contributed by atoms with van der Waals surface area (Å²) in [7, 11) is 5.28. The first-order chi connectivity index (χ1) is 12.4. The van der Waals surface area contributed by atoms with Crippen molar-refractivity contribution in [3.8, 4) is 0 Å². The van der Waals surface area contributed by atoms with Crippen molar-refractivity contribution in [3.63, 3.8) is 0 Å². The summed E-state index contributed by atoms with van der Waals surface area (Å²) in [6.45, 7) is 5.50. The molecule has 1 aromatic carbocycles. The predicted octanol–water partition coefficient (Wildman–Crippen LogP) is 2.37. The second kappa shape index (κ2) is 9.33. The van der Waals surface area contributed by atoms with Crippen LogP contribution in [0.4, 0.5) is 0 Å². The van der Waals surface area contributed by atoms with Crippen molar-refractivity contribution in [1.29, 1.82) is 0 Å². The molecular weight excluding hydrogens is 346 g/mol. The molecule has 26 heavy (non-hydrogen) atoms. The number of hydrogen-bond acceptors (Lipinski definition) is 4. The monoisotopic (exact) mass is 373 g/mol. The van der Waals surface area contributed by atoms with Crippen LogP contribution >= 0.6 is 11.3 Å². The van der Waals surface area contributed by atoms with Crippen LogP contribution in [-0.4, -0.2) is 49.4 Å². The summed E-state index contributed by atoms with van der Waals surface area (Å²) < 4.78 is 0. The predicted molar refractivity (Wildman–Crippen MR) is 108 cm³/mol. The molecule has 1 heterocycles. The lowest BCUT2D eigenvalue weighted by molar-refractivity contribution is 0.0827. The van der Waals surface area contributed by atoms with Crippen molar-refractivity contribution in [2.75, 3.05) is 27.7 Å². The number of hydrogen-bond donors (Lipinski definition) is 2. The summed E-state index contributed by atoms with van der Waals surface area (Å²) in [5.74, 6) is 0.766. The average molecular weight is 374 g/mol. The highest BCUT2D eigenvalue weighted by Gasteiger charge is 2.08. The largest absolute Gasteiger partial charge is 0.356 e. The van der Waals surface area contributed by atoms with E-state index in [-0.39, 0.29) is 5.91 Å². The number of rotatable bonds is 6. The summed E-state index contributed by atoms with van der Waals surface area (Å²) in [5, 5.41) is 7.64. The van der Waals surface area contributed by atoms with Gasteiger partial charge in [0.15, 0.2) is 5.96 Å². The molecule has 1 aromatic heterocycles. The summed E-state index contributed by atoms with van der Waals surface area (Å²) in [4.78, 5) is 23.6. The van der Waals surface area contributed by atoms with Gasteiger partial charge in [-0.2, -0.15) is 0 Å². The van der Waals surface area contributed by atoms with E-state index in [1.165, 1.54) is 4.88 Å². The van der Waals surface area contributed by atoms with E-state index < -0.39 is 0 Å². The van der Waals surface area contributed by atoms with Crippen LogP contribution in [0, 0.1) is 13.8 Å². The van der Waals surface area contributed by atoms with Crippen molar-refractivity contribution in [3.05, 3.63) is 51.0 Å². The number of benzene rings is 1. The molecule has 0 aliphatic carbocycles. The Labute approximate surface area is 159 Å². The van der Waals surface area contributed by atoms with Crippen molar-refractivity contribution < 1.29 is 4.79 Å². The minimum Gasteiger partial charge on any atom is -0.356 e. The molecule has 2 aromatic rings. The van der Waals surface area contributed by atoms with Gasteiger partial charge in [0, 0.05) is 38.1 Å². The number of carbonyl (C=O) groups excluding carboxylic acids is 1. The Morgan fingerprint density at radius 1 is 1.27 bits per heavy atom. The Balaban J connectivity index is 1.83. The number of amides is 1. The van der Waals surface area contributed by atoms with Gasteiger partial charge in [-0.25, -0.2) is 4.98 Å². The van der Waals surface area contributed by atoms with Gasteiger partial charge in [-0.1, -0.05) is 12.1 Å². The molecule has 0 atom stereocenters. The molecule has 6 nitrogen and oxygen atoms in total. The molecule has 1 amide bonds. The van der Waals surface area contributed by atoms with Crippen LogP contribution < -0.4 is 10.6 Å². The van der Waals surface area contributed by atoms with Crippen LogP contribution in [0.5, 0.6) is 0 Å². The topological polar surface area (TPSA) is 69.6 Å². The minimum atomic E-state index is 0.0197. The zero-order valence-electron chi connectivity index (χ0n) is 16.1. The molecule has 2 N–H and O–H groups in total. The number of nitrogens with one attached hydrogen (secondary N) is 2. The third-order valence-electron chi connectivity index (χ3n) is 3.99. The first kappa shape index (κ1) is 19.9. The van der Waals surface area contributed by atoms with Gasteiger partial charge in [-0.3, -0.25) is 9.79 Å². The van der Waals surface area contributed by atoms with E-state index >= 15 is 0 Å². The molecule has 2 rings (SSSR count). The van der Waals surface area contributed by atoms with Crippen LogP contribution in [0.2, 0.25) is 0 Å². The quantitative estimate of drug-likeness (QED) is 0.602. The molecular formula is C19H27N5OS. The number of thiazole rings is 1. The third-order valence-corrected chi connectivity index (χ3v) is 5.06. The van der Waals surface area contributed by atoms with Gasteiger partial charge in [0.1, 0.15) is 5.01 Å². The second-order valence-electron chi connectivity index (χ2n) is 6.25. The zero-order chi connectivity index (χ0) is 19.1. The molecule has 0 aliphatic rings. The van der Waals surface area contributed by atoms with Crippen molar-refractivity contribution in [1.82, 2.24) is 20.5 Å². The molecule has 0 radical (unpaired) electrons. The third kappa shape index (κ3) is 5.56. The lowest BCUT2D eigenvalue weighted by Gasteiger charge is -2.13. The minimum absolute atomic E-state index is 0.0197. The van der Waals surface area contributed by atoms with Gasteiger partial charge >= 0.3 is 0 Å². The molecule has 140 valence electrons. The van der Waals surface area contributed by atoms with Crippen LogP contribution in [0.1, 0.15) is 31.5 Å². The zero-order valence-corrected chi connectivity index (χ0v) is 16.9. The molecule has 0 saturated heterocycles. The first-order valence-electron chi connectivity index (χ1n) is 8.58. The van der Waals surface area contributed by atoms with Crippen molar-refractivity contribution in [2.24, 2.45) is 4.99 Å². The average Bonchev–Trinajstić information content (AvgIpc) is 2.95. The normalized spacial score (nSPS) is 11.3. The number of nitrogens with zero attached hydrogens (tertiary/aromatic N) is 3. The maximum Gasteiger partial charge on any atom is 0.253 e. The van der Waals surface area contributed by atoms with E-state index in [9.17, 15) is 4.79 Å². The van der Waals surface area contributed by atoms with Crippen LogP contribution in [0.3, 0.4) is 0 Å². The first-order valence-corrected chi connectivity index (χ1v) is 9.40. The number of aliphatic imine (C=N–C) groups is 1. The van der Waals surface area contributed by atoms with Gasteiger partial charge in [0.25, 0.3) is 5.91 Å². The molecule has 0 spiro atoms. The fraction of sp³-hybridized carbons (Fsp3) is 0.421. The highest BCUT2D eigenvalue weighted by atomic mass is 32.1. The van der Waals surface area contributed by atoms with Gasteiger partial charge < -0.3 is 15.5 Å². The summed E-state index contributed by atoms with van der Waals surface area (Å²) in [5.41, 5.74) is 2.92. The van der Waals surface area contributed by atoms with Gasteiger partial charge in [-0.05, 0) is 38.0 Å². The maximum absolute atomic E-state index is 12.0. The highest BCUT2D eigenvalue weighted by molar-refractivity contribution is 7.11. The van der Waals surface area contributed by atoms with E-state index in [4.69, 9.17) is 0 Å². The summed E-state index contributed by atoms with van der Waals surface area (Å²) >= 11 is 1.70. The highest BCUT2D eigenvalue weighted by Crippen LogP contribution is 2.15. The van der Waals surface area contributed by atoms with Crippen LogP contribution in [0.15, 0.2) is 29.3 Å². The number of carbonyl (C=O) groups is 1. The van der Waals surface area contributed by atoms with Crippen molar-refractivity contribution >= 4 is 23.2 Å². The Hall–Kier alpha value is -2.41. The lowest BCUT2D eigenvalue weighted by Crippen LogP contribution is -2.37. The fourth-order valence-electron chi connectivity index (χ4n) is 2.44. The van der Waals surface area contributed by atoms with E-state index in [0.717, 1.165) is 35.2 Å². The molecule has 0 saturated carbocycles. The molecule has 0 aliphatic heterocycles.